The fraction of sp³-hybridized carbons (Fsp3) is 0.125. The molecule has 0 fully saturated rings. The molecule has 0 aliphatic heterocycles. The number of aryl methyl sites for hydroxylation is 1. The second-order valence-corrected chi connectivity index (χ2v) is 5.16. The van der Waals surface area contributed by atoms with E-state index in [9.17, 15) is 4.79 Å². The summed E-state index contributed by atoms with van der Waals surface area (Å²) in [5.74, 6) is -0.156. The molecule has 4 nitrogen and oxygen atoms in total. The van der Waals surface area contributed by atoms with Crippen LogP contribution in [0.4, 0.5) is 0 Å². The van der Waals surface area contributed by atoms with Crippen molar-refractivity contribution in [2.75, 3.05) is 0 Å². The Morgan fingerprint density at radius 1 is 1.24 bits per heavy atom. The predicted molar refractivity (Wildman–Crippen MR) is 83.3 cm³/mol. The lowest BCUT2D eigenvalue weighted by Gasteiger charge is -2.09. The summed E-state index contributed by atoms with van der Waals surface area (Å²) in [4.78, 5) is 16.5. The van der Waals surface area contributed by atoms with Crippen molar-refractivity contribution in [3.8, 4) is 0 Å². The van der Waals surface area contributed by atoms with Crippen LogP contribution in [-0.4, -0.2) is 15.5 Å². The van der Waals surface area contributed by atoms with E-state index in [-0.39, 0.29) is 5.91 Å². The van der Waals surface area contributed by atoms with Gasteiger partial charge in [0.05, 0.1) is 12.1 Å². The smallest absolute Gasteiger partial charge is 0.253 e. The van der Waals surface area contributed by atoms with Crippen molar-refractivity contribution >= 4 is 28.3 Å². The summed E-state index contributed by atoms with van der Waals surface area (Å²) in [5.41, 5.74) is 1.57. The average Bonchev–Trinajstić information content (AvgIpc) is 2.91. The van der Waals surface area contributed by atoms with Gasteiger partial charge < -0.3 is 9.88 Å². The van der Waals surface area contributed by atoms with Gasteiger partial charge >= 0.3 is 0 Å². The van der Waals surface area contributed by atoms with Crippen molar-refractivity contribution in [1.82, 2.24) is 14.9 Å². The Morgan fingerprint density at radius 2 is 2.00 bits per heavy atom. The SMILES string of the molecule is Cn1cccc1CNC(=O)c1cnc(Cl)c2ccccc12. The molecule has 1 N–H and O–H groups in total. The number of hydrogen-bond acceptors (Lipinski definition) is 2. The lowest BCUT2D eigenvalue weighted by molar-refractivity contribution is 0.0951. The fourth-order valence-electron chi connectivity index (χ4n) is 2.29. The van der Waals surface area contributed by atoms with E-state index < -0.39 is 0 Å². The molecule has 2 heterocycles. The molecule has 0 radical (unpaired) electrons. The fourth-order valence-corrected chi connectivity index (χ4v) is 2.50. The Balaban J connectivity index is 1.88. The molecular weight excluding hydrogens is 286 g/mol. The van der Waals surface area contributed by atoms with Gasteiger partial charge in [-0.2, -0.15) is 0 Å². The molecule has 2 aromatic heterocycles. The number of carbonyl (C=O) groups excluding carboxylic acids is 1. The normalized spacial score (nSPS) is 10.8. The van der Waals surface area contributed by atoms with Crippen molar-refractivity contribution < 1.29 is 4.79 Å². The molecule has 0 unspecified atom stereocenters. The van der Waals surface area contributed by atoms with Crippen LogP contribution < -0.4 is 5.32 Å². The van der Waals surface area contributed by atoms with Crippen LogP contribution in [0.3, 0.4) is 0 Å². The minimum absolute atomic E-state index is 0.156. The Morgan fingerprint density at radius 3 is 2.71 bits per heavy atom. The second-order valence-electron chi connectivity index (χ2n) is 4.80. The maximum Gasteiger partial charge on any atom is 0.253 e. The summed E-state index contributed by atoms with van der Waals surface area (Å²) in [6.45, 7) is 0.472. The highest BCUT2D eigenvalue weighted by Gasteiger charge is 2.12. The topological polar surface area (TPSA) is 46.9 Å². The van der Waals surface area contributed by atoms with Crippen LogP contribution in [0.25, 0.3) is 10.8 Å². The van der Waals surface area contributed by atoms with Crippen molar-refractivity contribution in [2.45, 2.75) is 6.54 Å². The molecule has 106 valence electrons. The van der Waals surface area contributed by atoms with Gasteiger partial charge in [-0.1, -0.05) is 35.9 Å². The maximum atomic E-state index is 12.4. The first kappa shape index (κ1) is 13.6. The third-order valence-corrected chi connectivity index (χ3v) is 3.77. The quantitative estimate of drug-likeness (QED) is 0.755. The number of benzene rings is 1. The lowest BCUT2D eigenvalue weighted by atomic mass is 10.1. The number of rotatable bonds is 3. The molecule has 3 aromatic rings. The highest BCUT2D eigenvalue weighted by atomic mass is 35.5. The van der Waals surface area contributed by atoms with E-state index >= 15 is 0 Å². The number of fused-ring (bicyclic) bond motifs is 1. The number of amides is 1. The first-order valence-electron chi connectivity index (χ1n) is 6.58. The van der Waals surface area contributed by atoms with Crippen molar-refractivity contribution in [2.24, 2.45) is 7.05 Å². The molecule has 0 aliphatic carbocycles. The zero-order valence-electron chi connectivity index (χ0n) is 11.5. The summed E-state index contributed by atoms with van der Waals surface area (Å²) in [6, 6.07) is 11.4. The van der Waals surface area contributed by atoms with Gasteiger partial charge in [-0.15, -0.1) is 0 Å². The third kappa shape index (κ3) is 2.62. The average molecular weight is 300 g/mol. The molecule has 1 amide bonds. The molecular formula is C16H14ClN3O. The number of pyridine rings is 1. The van der Waals surface area contributed by atoms with Gasteiger partial charge in [-0.25, -0.2) is 4.98 Å². The Hall–Kier alpha value is -2.33. The summed E-state index contributed by atoms with van der Waals surface area (Å²) < 4.78 is 1.97. The van der Waals surface area contributed by atoms with Crippen LogP contribution in [-0.2, 0) is 13.6 Å². The standard InChI is InChI=1S/C16H14ClN3O/c1-20-8-4-5-11(20)9-19-16(21)14-10-18-15(17)13-7-3-2-6-12(13)14/h2-8,10H,9H2,1H3,(H,19,21). The Kier molecular flexibility index (Phi) is 3.62. The first-order valence-corrected chi connectivity index (χ1v) is 6.96. The van der Waals surface area contributed by atoms with Crippen molar-refractivity contribution in [3.05, 3.63) is 65.2 Å². The third-order valence-electron chi connectivity index (χ3n) is 3.47. The van der Waals surface area contributed by atoms with Gasteiger partial charge in [0, 0.05) is 30.5 Å². The second kappa shape index (κ2) is 5.58. The number of halogens is 1. The number of carbonyl (C=O) groups is 1. The van der Waals surface area contributed by atoms with E-state index in [1.807, 2.05) is 54.2 Å². The molecule has 0 saturated carbocycles. The summed E-state index contributed by atoms with van der Waals surface area (Å²) >= 11 is 6.07. The van der Waals surface area contributed by atoms with E-state index in [1.54, 1.807) is 0 Å². The summed E-state index contributed by atoms with van der Waals surface area (Å²) in [5, 5.41) is 4.91. The molecule has 0 saturated heterocycles. The number of aromatic nitrogens is 2. The van der Waals surface area contributed by atoms with E-state index in [4.69, 9.17) is 11.6 Å². The van der Waals surface area contributed by atoms with E-state index in [0.717, 1.165) is 16.5 Å². The largest absolute Gasteiger partial charge is 0.353 e. The molecule has 0 spiro atoms. The van der Waals surface area contributed by atoms with Gasteiger partial charge in [0.2, 0.25) is 0 Å². The zero-order chi connectivity index (χ0) is 14.8. The molecule has 5 heteroatoms. The molecule has 0 bridgehead atoms. The minimum atomic E-state index is -0.156. The molecule has 1 aromatic carbocycles. The van der Waals surface area contributed by atoms with Crippen LogP contribution in [0.5, 0.6) is 0 Å². The van der Waals surface area contributed by atoms with E-state index in [1.165, 1.54) is 6.20 Å². The molecule has 3 rings (SSSR count). The van der Waals surface area contributed by atoms with Crippen LogP contribution in [0.1, 0.15) is 16.1 Å². The number of nitrogens with zero attached hydrogens (tertiary/aromatic N) is 2. The Labute approximate surface area is 127 Å². The molecule has 21 heavy (non-hydrogen) atoms. The van der Waals surface area contributed by atoms with Gasteiger partial charge in [0.25, 0.3) is 5.91 Å². The van der Waals surface area contributed by atoms with Crippen LogP contribution in [0, 0.1) is 0 Å². The van der Waals surface area contributed by atoms with Crippen LogP contribution >= 0.6 is 11.6 Å². The maximum absolute atomic E-state index is 12.4. The molecule has 0 atom stereocenters. The summed E-state index contributed by atoms with van der Waals surface area (Å²) in [7, 11) is 1.95. The minimum Gasteiger partial charge on any atom is -0.353 e. The predicted octanol–water partition coefficient (Wildman–Crippen LogP) is 3.16. The van der Waals surface area contributed by atoms with Crippen LogP contribution in [0.2, 0.25) is 5.15 Å². The Bertz CT molecular complexity index is 810. The van der Waals surface area contributed by atoms with E-state index in [0.29, 0.717) is 17.3 Å². The highest BCUT2D eigenvalue weighted by Crippen LogP contribution is 2.24. The number of nitrogens with one attached hydrogen (secondary N) is 1. The van der Waals surface area contributed by atoms with Gasteiger partial charge in [0.15, 0.2) is 0 Å². The lowest BCUT2D eigenvalue weighted by Crippen LogP contribution is -2.24. The number of hydrogen-bond donors (Lipinski definition) is 1. The van der Waals surface area contributed by atoms with Gasteiger partial charge in [0.1, 0.15) is 5.15 Å². The zero-order valence-corrected chi connectivity index (χ0v) is 12.3. The van der Waals surface area contributed by atoms with Crippen molar-refractivity contribution in [1.29, 1.82) is 0 Å². The molecule has 0 aliphatic rings. The first-order chi connectivity index (χ1) is 10.2. The van der Waals surface area contributed by atoms with Crippen molar-refractivity contribution in [3.63, 3.8) is 0 Å². The van der Waals surface area contributed by atoms with Gasteiger partial charge in [-0.3, -0.25) is 4.79 Å². The van der Waals surface area contributed by atoms with Crippen LogP contribution in [0.15, 0.2) is 48.8 Å². The summed E-state index contributed by atoms with van der Waals surface area (Å²) in [6.07, 6.45) is 3.46. The monoisotopic (exact) mass is 299 g/mol. The highest BCUT2D eigenvalue weighted by molar-refractivity contribution is 6.34. The van der Waals surface area contributed by atoms with E-state index in [2.05, 4.69) is 10.3 Å². The van der Waals surface area contributed by atoms with Gasteiger partial charge in [-0.05, 0) is 17.5 Å².